The van der Waals surface area contributed by atoms with Gasteiger partial charge in [-0.3, -0.25) is 0 Å². The molecule has 1 rings (SSSR count). The van der Waals surface area contributed by atoms with Crippen molar-refractivity contribution in [3.05, 3.63) is 29.8 Å². The zero-order valence-corrected chi connectivity index (χ0v) is 12.4. The standard InChI is InChI=1S/C15H22FNO3/c1-5-19-14(18)12(16)13(17)10-6-8-11(9-7-10)20-15(2,3)4/h6-9,12-13H,5,17H2,1-4H3/t12?,13-/m0/s1. The van der Waals surface area contributed by atoms with Gasteiger partial charge >= 0.3 is 5.97 Å². The number of ether oxygens (including phenoxy) is 2. The number of carbonyl (C=O) groups excluding carboxylic acids is 1. The molecule has 0 saturated carbocycles. The van der Waals surface area contributed by atoms with Gasteiger partial charge in [-0.05, 0) is 45.4 Å². The van der Waals surface area contributed by atoms with Gasteiger partial charge in [0.15, 0.2) is 0 Å². The number of alkyl halides is 1. The Morgan fingerprint density at radius 1 is 1.30 bits per heavy atom. The summed E-state index contributed by atoms with van der Waals surface area (Å²) in [5, 5.41) is 0. The third-order valence-corrected chi connectivity index (χ3v) is 2.52. The van der Waals surface area contributed by atoms with Crippen molar-refractivity contribution in [2.45, 2.75) is 45.5 Å². The van der Waals surface area contributed by atoms with Crippen LogP contribution < -0.4 is 10.5 Å². The van der Waals surface area contributed by atoms with E-state index >= 15 is 0 Å². The molecular weight excluding hydrogens is 261 g/mol. The lowest BCUT2D eigenvalue weighted by Gasteiger charge is -2.22. The highest BCUT2D eigenvalue weighted by Crippen LogP contribution is 2.23. The first-order chi connectivity index (χ1) is 9.24. The molecule has 2 atom stereocenters. The van der Waals surface area contributed by atoms with E-state index in [0.717, 1.165) is 0 Å². The molecule has 0 spiro atoms. The molecule has 0 radical (unpaired) electrons. The summed E-state index contributed by atoms with van der Waals surface area (Å²) in [6, 6.07) is 5.67. The number of benzene rings is 1. The molecule has 0 amide bonds. The molecule has 0 aliphatic carbocycles. The largest absolute Gasteiger partial charge is 0.488 e. The Balaban J connectivity index is 2.75. The molecule has 0 saturated heterocycles. The van der Waals surface area contributed by atoms with Crippen LogP contribution in [0.1, 0.15) is 39.3 Å². The quantitative estimate of drug-likeness (QED) is 0.844. The van der Waals surface area contributed by atoms with E-state index in [4.69, 9.17) is 10.5 Å². The third-order valence-electron chi connectivity index (χ3n) is 2.52. The fourth-order valence-electron chi connectivity index (χ4n) is 1.65. The van der Waals surface area contributed by atoms with E-state index in [1.165, 1.54) is 0 Å². The highest BCUT2D eigenvalue weighted by atomic mass is 19.1. The second-order valence-corrected chi connectivity index (χ2v) is 5.46. The van der Waals surface area contributed by atoms with Gasteiger partial charge in [0.2, 0.25) is 6.17 Å². The number of nitrogens with two attached hydrogens (primary N) is 1. The Hall–Kier alpha value is -1.62. The molecule has 0 bridgehead atoms. The van der Waals surface area contributed by atoms with Gasteiger partial charge in [-0.25, -0.2) is 9.18 Å². The molecule has 1 unspecified atom stereocenters. The predicted molar refractivity (Wildman–Crippen MR) is 75.3 cm³/mol. The Labute approximate surface area is 119 Å². The molecule has 112 valence electrons. The number of rotatable bonds is 5. The fraction of sp³-hybridized carbons (Fsp3) is 0.533. The lowest BCUT2D eigenvalue weighted by Crippen LogP contribution is -2.31. The summed E-state index contributed by atoms with van der Waals surface area (Å²) in [6.45, 7) is 7.56. The SMILES string of the molecule is CCOC(=O)C(F)[C@@H](N)c1ccc(OC(C)(C)C)cc1. The van der Waals surface area contributed by atoms with Crippen LogP contribution in [-0.4, -0.2) is 24.3 Å². The normalized spacial score (nSPS) is 14.5. The third kappa shape index (κ3) is 4.81. The van der Waals surface area contributed by atoms with Crippen molar-refractivity contribution in [3.63, 3.8) is 0 Å². The Morgan fingerprint density at radius 3 is 2.30 bits per heavy atom. The number of halogens is 1. The van der Waals surface area contributed by atoms with Gasteiger partial charge in [0, 0.05) is 0 Å². The molecule has 1 aromatic rings. The molecule has 2 N–H and O–H groups in total. The van der Waals surface area contributed by atoms with Crippen LogP contribution in [0.2, 0.25) is 0 Å². The highest BCUT2D eigenvalue weighted by Gasteiger charge is 2.27. The summed E-state index contributed by atoms with van der Waals surface area (Å²) in [5.41, 5.74) is 5.94. The van der Waals surface area contributed by atoms with Crippen LogP contribution in [0.3, 0.4) is 0 Å². The average Bonchev–Trinajstić information content (AvgIpc) is 2.36. The second-order valence-electron chi connectivity index (χ2n) is 5.46. The number of esters is 1. The maximum absolute atomic E-state index is 13.8. The summed E-state index contributed by atoms with van der Waals surface area (Å²) in [7, 11) is 0. The Bertz CT molecular complexity index is 439. The lowest BCUT2D eigenvalue weighted by molar-refractivity contribution is -0.149. The smallest absolute Gasteiger partial charge is 0.342 e. The molecule has 20 heavy (non-hydrogen) atoms. The van der Waals surface area contributed by atoms with Crippen LogP contribution in [0, 0.1) is 0 Å². The molecule has 4 nitrogen and oxygen atoms in total. The van der Waals surface area contributed by atoms with Gasteiger partial charge < -0.3 is 15.2 Å². The van der Waals surface area contributed by atoms with Crippen molar-refractivity contribution >= 4 is 5.97 Å². The first-order valence-electron chi connectivity index (χ1n) is 6.60. The van der Waals surface area contributed by atoms with E-state index in [0.29, 0.717) is 11.3 Å². The highest BCUT2D eigenvalue weighted by molar-refractivity contribution is 5.75. The molecule has 0 heterocycles. The molecule has 1 aromatic carbocycles. The van der Waals surface area contributed by atoms with Crippen molar-refractivity contribution < 1.29 is 18.7 Å². The van der Waals surface area contributed by atoms with E-state index in [1.807, 2.05) is 20.8 Å². The zero-order chi connectivity index (χ0) is 15.3. The summed E-state index contributed by atoms with van der Waals surface area (Å²) in [4.78, 5) is 11.3. The molecule has 0 aliphatic heterocycles. The van der Waals surface area contributed by atoms with E-state index in [1.54, 1.807) is 31.2 Å². The molecule has 0 aliphatic rings. The van der Waals surface area contributed by atoms with Crippen molar-refractivity contribution in [1.82, 2.24) is 0 Å². The van der Waals surface area contributed by atoms with Crippen molar-refractivity contribution in [2.24, 2.45) is 5.73 Å². The monoisotopic (exact) mass is 283 g/mol. The van der Waals surface area contributed by atoms with E-state index < -0.39 is 18.2 Å². The summed E-state index contributed by atoms with van der Waals surface area (Å²) >= 11 is 0. The topological polar surface area (TPSA) is 61.5 Å². The maximum Gasteiger partial charge on any atom is 0.342 e. The molecular formula is C15H22FNO3. The van der Waals surface area contributed by atoms with E-state index in [9.17, 15) is 9.18 Å². The van der Waals surface area contributed by atoms with Gasteiger partial charge in [-0.2, -0.15) is 0 Å². The first-order valence-corrected chi connectivity index (χ1v) is 6.60. The lowest BCUT2D eigenvalue weighted by atomic mass is 10.0. The zero-order valence-electron chi connectivity index (χ0n) is 12.4. The van der Waals surface area contributed by atoms with Crippen molar-refractivity contribution in [3.8, 4) is 5.75 Å². The summed E-state index contributed by atoms with van der Waals surface area (Å²) in [6.07, 6.45) is -1.87. The van der Waals surface area contributed by atoms with Crippen LogP contribution in [0.4, 0.5) is 4.39 Å². The maximum atomic E-state index is 13.8. The van der Waals surface area contributed by atoms with Gasteiger partial charge in [-0.15, -0.1) is 0 Å². The van der Waals surface area contributed by atoms with Gasteiger partial charge in [0.05, 0.1) is 12.6 Å². The van der Waals surface area contributed by atoms with Gasteiger partial charge in [-0.1, -0.05) is 12.1 Å². The van der Waals surface area contributed by atoms with E-state index in [-0.39, 0.29) is 12.2 Å². The van der Waals surface area contributed by atoms with Crippen LogP contribution in [0.5, 0.6) is 5.75 Å². The minimum absolute atomic E-state index is 0.129. The van der Waals surface area contributed by atoms with Crippen LogP contribution in [-0.2, 0) is 9.53 Å². The number of carbonyl (C=O) groups is 1. The van der Waals surface area contributed by atoms with E-state index in [2.05, 4.69) is 4.74 Å². The number of hydrogen-bond acceptors (Lipinski definition) is 4. The molecule has 5 heteroatoms. The van der Waals surface area contributed by atoms with Crippen LogP contribution in [0.15, 0.2) is 24.3 Å². The van der Waals surface area contributed by atoms with Crippen molar-refractivity contribution in [2.75, 3.05) is 6.61 Å². The second kappa shape index (κ2) is 6.70. The summed E-state index contributed by atoms with van der Waals surface area (Å²) in [5.74, 6) is -0.269. The molecule has 0 fully saturated rings. The minimum Gasteiger partial charge on any atom is -0.488 e. The fourth-order valence-corrected chi connectivity index (χ4v) is 1.65. The number of hydrogen-bond donors (Lipinski definition) is 1. The van der Waals surface area contributed by atoms with Gasteiger partial charge in [0.1, 0.15) is 11.4 Å². The molecule has 0 aromatic heterocycles. The summed E-state index contributed by atoms with van der Waals surface area (Å²) < 4.78 is 24.1. The van der Waals surface area contributed by atoms with Crippen LogP contribution in [0.25, 0.3) is 0 Å². The first kappa shape index (κ1) is 16.4. The Kier molecular flexibility index (Phi) is 5.51. The van der Waals surface area contributed by atoms with Crippen LogP contribution >= 0.6 is 0 Å². The average molecular weight is 283 g/mol. The predicted octanol–water partition coefficient (Wildman–Crippen LogP) is 2.76. The Morgan fingerprint density at radius 2 is 1.85 bits per heavy atom. The van der Waals surface area contributed by atoms with Crippen molar-refractivity contribution in [1.29, 1.82) is 0 Å². The van der Waals surface area contributed by atoms with Gasteiger partial charge in [0.25, 0.3) is 0 Å². The minimum atomic E-state index is -1.87.